The Balaban J connectivity index is 3.37. The van der Waals surface area contributed by atoms with Crippen LogP contribution in [0.2, 0.25) is 0 Å². The lowest BCUT2D eigenvalue weighted by molar-refractivity contribution is -0.385. The molecule has 0 saturated heterocycles. The number of nitro benzene ring substituents is 1. The molecule has 0 radical (unpaired) electrons. The highest BCUT2D eigenvalue weighted by molar-refractivity contribution is 8.00. The molecule has 0 atom stereocenters. The highest BCUT2D eigenvalue weighted by Gasteiger charge is 2.19. The lowest BCUT2D eigenvalue weighted by atomic mass is 10.1. The number of hydrogen-bond acceptors (Lipinski definition) is 4. The normalized spacial score (nSPS) is 10.6. The summed E-state index contributed by atoms with van der Waals surface area (Å²) in [6.45, 7) is 5.53. The molecule has 0 amide bonds. The maximum atomic E-state index is 10.9. The molecule has 0 aliphatic heterocycles. The molecular formula is C11H13NO4S. The number of hydrogen-bond donors (Lipinski definition) is 1. The smallest absolute Gasteiger partial charge is 0.335 e. The monoisotopic (exact) mass is 255 g/mol. The first kappa shape index (κ1) is 13.5. The quantitative estimate of drug-likeness (QED) is 0.508. The van der Waals surface area contributed by atoms with Crippen molar-refractivity contribution in [1.82, 2.24) is 0 Å². The van der Waals surface area contributed by atoms with Crippen LogP contribution in [0.15, 0.2) is 17.0 Å². The molecule has 92 valence electrons. The van der Waals surface area contributed by atoms with Crippen LogP contribution in [0, 0.1) is 17.0 Å². The molecule has 0 aliphatic rings. The minimum Gasteiger partial charge on any atom is -0.478 e. The van der Waals surface area contributed by atoms with Crippen molar-refractivity contribution >= 4 is 23.4 Å². The van der Waals surface area contributed by atoms with Gasteiger partial charge in [-0.25, -0.2) is 4.79 Å². The number of aromatic carboxylic acids is 1. The van der Waals surface area contributed by atoms with Gasteiger partial charge in [-0.1, -0.05) is 13.8 Å². The Morgan fingerprint density at radius 1 is 1.47 bits per heavy atom. The van der Waals surface area contributed by atoms with E-state index in [9.17, 15) is 14.9 Å². The zero-order valence-electron chi connectivity index (χ0n) is 9.76. The largest absolute Gasteiger partial charge is 0.478 e. The summed E-state index contributed by atoms with van der Waals surface area (Å²) in [6.07, 6.45) is 0. The van der Waals surface area contributed by atoms with E-state index in [-0.39, 0.29) is 16.5 Å². The van der Waals surface area contributed by atoms with Crippen molar-refractivity contribution in [2.75, 3.05) is 0 Å². The van der Waals surface area contributed by atoms with E-state index in [0.717, 1.165) is 6.07 Å². The fourth-order valence-corrected chi connectivity index (χ4v) is 2.35. The Kier molecular flexibility index (Phi) is 4.11. The number of carbonyl (C=O) groups is 1. The van der Waals surface area contributed by atoms with Gasteiger partial charge in [0, 0.05) is 21.8 Å². The Bertz CT molecular complexity index is 471. The highest BCUT2D eigenvalue weighted by Crippen LogP contribution is 2.33. The molecule has 1 aromatic rings. The molecule has 1 rings (SSSR count). The maximum absolute atomic E-state index is 10.9. The Morgan fingerprint density at radius 2 is 2.06 bits per heavy atom. The average Bonchev–Trinajstić information content (AvgIpc) is 2.19. The van der Waals surface area contributed by atoms with Gasteiger partial charge >= 0.3 is 5.97 Å². The zero-order chi connectivity index (χ0) is 13.2. The molecule has 17 heavy (non-hydrogen) atoms. The van der Waals surface area contributed by atoms with E-state index in [4.69, 9.17) is 5.11 Å². The highest BCUT2D eigenvalue weighted by atomic mass is 32.2. The van der Waals surface area contributed by atoms with Crippen LogP contribution in [0.25, 0.3) is 0 Å². The molecule has 5 nitrogen and oxygen atoms in total. The van der Waals surface area contributed by atoms with Gasteiger partial charge in [-0.15, -0.1) is 11.8 Å². The van der Waals surface area contributed by atoms with Crippen molar-refractivity contribution in [3.63, 3.8) is 0 Å². The molecule has 1 aromatic carbocycles. The summed E-state index contributed by atoms with van der Waals surface area (Å²) in [4.78, 5) is 21.8. The van der Waals surface area contributed by atoms with Crippen LogP contribution in [-0.2, 0) is 0 Å². The van der Waals surface area contributed by atoms with E-state index in [1.54, 1.807) is 6.92 Å². The fraction of sp³-hybridized carbons (Fsp3) is 0.364. The summed E-state index contributed by atoms with van der Waals surface area (Å²) >= 11 is 1.42. The van der Waals surface area contributed by atoms with E-state index in [2.05, 4.69) is 0 Å². The van der Waals surface area contributed by atoms with Gasteiger partial charge in [-0.3, -0.25) is 10.1 Å². The van der Waals surface area contributed by atoms with Gasteiger partial charge in [0.15, 0.2) is 0 Å². The topological polar surface area (TPSA) is 80.4 Å². The maximum Gasteiger partial charge on any atom is 0.335 e. The lowest BCUT2D eigenvalue weighted by Crippen LogP contribution is -2.02. The van der Waals surface area contributed by atoms with Crippen molar-refractivity contribution in [3.05, 3.63) is 33.4 Å². The number of nitro groups is 1. The van der Waals surface area contributed by atoms with Gasteiger partial charge in [0.1, 0.15) is 0 Å². The molecule has 0 saturated carbocycles. The van der Waals surface area contributed by atoms with Crippen molar-refractivity contribution in [2.24, 2.45) is 0 Å². The number of carboxylic acids is 1. The van der Waals surface area contributed by atoms with Crippen LogP contribution in [0.4, 0.5) is 5.69 Å². The summed E-state index contributed by atoms with van der Waals surface area (Å²) in [5, 5.41) is 20.0. The van der Waals surface area contributed by atoms with Crippen molar-refractivity contribution < 1.29 is 14.8 Å². The van der Waals surface area contributed by atoms with Gasteiger partial charge < -0.3 is 5.11 Å². The third kappa shape index (κ3) is 3.20. The molecule has 0 aliphatic carbocycles. The van der Waals surface area contributed by atoms with Crippen LogP contribution in [0.1, 0.15) is 29.8 Å². The minimum absolute atomic E-state index is 0.0505. The third-order valence-electron chi connectivity index (χ3n) is 2.14. The lowest BCUT2D eigenvalue weighted by Gasteiger charge is -2.09. The molecule has 0 bridgehead atoms. The molecule has 0 fully saturated rings. The molecular weight excluding hydrogens is 242 g/mol. The van der Waals surface area contributed by atoms with Gasteiger partial charge in [0.2, 0.25) is 0 Å². The van der Waals surface area contributed by atoms with Gasteiger partial charge in [0.05, 0.1) is 10.5 Å². The van der Waals surface area contributed by atoms with Crippen molar-refractivity contribution in [1.29, 1.82) is 0 Å². The summed E-state index contributed by atoms with van der Waals surface area (Å²) < 4.78 is 0. The number of thioether (sulfide) groups is 1. The van der Waals surface area contributed by atoms with Gasteiger partial charge in [0.25, 0.3) is 5.69 Å². The van der Waals surface area contributed by atoms with Crippen LogP contribution in [-0.4, -0.2) is 21.2 Å². The molecule has 6 heteroatoms. The van der Waals surface area contributed by atoms with Crippen molar-refractivity contribution in [3.8, 4) is 0 Å². The second kappa shape index (κ2) is 5.18. The van der Waals surface area contributed by atoms with Crippen molar-refractivity contribution in [2.45, 2.75) is 30.9 Å². The summed E-state index contributed by atoms with van der Waals surface area (Å²) in [5.74, 6) is -1.15. The summed E-state index contributed by atoms with van der Waals surface area (Å²) in [6, 6.07) is 2.58. The van der Waals surface area contributed by atoms with Gasteiger partial charge in [-0.05, 0) is 13.0 Å². The molecule has 1 N–H and O–H groups in total. The Labute approximate surface area is 103 Å². The fourth-order valence-electron chi connectivity index (χ4n) is 1.36. The van der Waals surface area contributed by atoms with E-state index in [1.807, 2.05) is 13.8 Å². The van der Waals surface area contributed by atoms with Crippen LogP contribution in [0.5, 0.6) is 0 Å². The Morgan fingerprint density at radius 3 is 2.47 bits per heavy atom. The number of carboxylic acid groups (broad SMARTS) is 1. The van der Waals surface area contributed by atoms with E-state index < -0.39 is 10.9 Å². The third-order valence-corrected chi connectivity index (χ3v) is 3.29. The van der Waals surface area contributed by atoms with E-state index >= 15 is 0 Å². The number of rotatable bonds is 4. The SMILES string of the molecule is Cc1c(SC(C)C)cc(C(=O)O)cc1[N+](=O)[O-]. The number of benzene rings is 1. The van der Waals surface area contributed by atoms with Crippen LogP contribution in [0.3, 0.4) is 0 Å². The number of nitrogens with zero attached hydrogens (tertiary/aromatic N) is 1. The predicted octanol–water partition coefficient (Wildman–Crippen LogP) is 3.10. The second-order valence-corrected chi connectivity index (χ2v) is 5.47. The average molecular weight is 255 g/mol. The van der Waals surface area contributed by atoms with Crippen LogP contribution < -0.4 is 0 Å². The second-order valence-electron chi connectivity index (χ2n) is 3.85. The first-order valence-corrected chi connectivity index (χ1v) is 5.90. The van der Waals surface area contributed by atoms with Crippen LogP contribution >= 0.6 is 11.8 Å². The predicted molar refractivity (Wildman–Crippen MR) is 65.8 cm³/mol. The zero-order valence-corrected chi connectivity index (χ0v) is 10.6. The summed E-state index contributed by atoms with van der Waals surface area (Å²) in [5.41, 5.74) is 0.317. The van der Waals surface area contributed by atoms with Gasteiger partial charge in [-0.2, -0.15) is 0 Å². The molecule has 0 unspecified atom stereocenters. The first-order valence-electron chi connectivity index (χ1n) is 5.02. The molecule has 0 spiro atoms. The van der Waals surface area contributed by atoms with E-state index in [0.29, 0.717) is 10.5 Å². The minimum atomic E-state index is -1.15. The Hall–Kier alpha value is -1.56. The first-order chi connectivity index (χ1) is 7.82. The standard InChI is InChI=1S/C11H13NO4S/c1-6(2)17-10-5-8(11(13)14)4-9(7(10)3)12(15)16/h4-6H,1-3H3,(H,13,14). The molecule has 0 aromatic heterocycles. The summed E-state index contributed by atoms with van der Waals surface area (Å²) in [7, 11) is 0. The van der Waals surface area contributed by atoms with E-state index in [1.165, 1.54) is 17.8 Å². The molecule has 0 heterocycles.